The number of hydrogen-bond acceptors (Lipinski definition) is 7. The molecule has 1 amide bonds. The van der Waals surface area contributed by atoms with Crippen LogP contribution >= 0.6 is 0 Å². The van der Waals surface area contributed by atoms with Crippen molar-refractivity contribution in [3.8, 4) is 5.75 Å². The average Bonchev–Trinajstić information content (AvgIpc) is 3.30. The number of carbonyl (C=O) groups excluding carboxylic acids is 1. The molecule has 8 nitrogen and oxygen atoms in total. The van der Waals surface area contributed by atoms with Crippen molar-refractivity contribution in [1.29, 1.82) is 5.41 Å². The summed E-state index contributed by atoms with van der Waals surface area (Å²) in [6, 6.07) is 15.3. The summed E-state index contributed by atoms with van der Waals surface area (Å²) in [6.07, 6.45) is 3.07. The van der Waals surface area contributed by atoms with E-state index < -0.39 is 0 Å². The summed E-state index contributed by atoms with van der Waals surface area (Å²) >= 11 is 0. The van der Waals surface area contributed by atoms with Crippen LogP contribution in [0.5, 0.6) is 5.75 Å². The molecule has 1 aliphatic heterocycles. The molecule has 8 heteroatoms. The van der Waals surface area contributed by atoms with Crippen LogP contribution < -0.4 is 4.74 Å². The first-order valence-corrected chi connectivity index (χ1v) is 11.8. The Morgan fingerprint density at radius 1 is 1.31 bits per heavy atom. The van der Waals surface area contributed by atoms with Gasteiger partial charge in [0.25, 0.3) is 5.91 Å². The molecule has 2 atom stereocenters. The van der Waals surface area contributed by atoms with Gasteiger partial charge in [0.2, 0.25) is 0 Å². The number of amides is 1. The summed E-state index contributed by atoms with van der Waals surface area (Å²) in [5.74, 6) is 0.485. The lowest BCUT2D eigenvalue weighted by Gasteiger charge is -2.32. The van der Waals surface area contributed by atoms with Gasteiger partial charge in [-0.2, -0.15) is 0 Å². The van der Waals surface area contributed by atoms with Crippen molar-refractivity contribution in [1.82, 2.24) is 14.8 Å². The zero-order valence-electron chi connectivity index (χ0n) is 20.2. The molecule has 1 saturated heterocycles. The molecule has 0 spiro atoms. The number of nitrogens with one attached hydrogen (secondary N) is 1. The Labute approximate surface area is 205 Å². The minimum absolute atomic E-state index is 0.0979. The zero-order valence-corrected chi connectivity index (χ0v) is 20.2. The first-order chi connectivity index (χ1) is 17.0. The molecule has 0 saturated carbocycles. The van der Waals surface area contributed by atoms with Gasteiger partial charge < -0.3 is 19.5 Å². The van der Waals surface area contributed by atoms with E-state index in [4.69, 9.17) is 14.9 Å². The second-order valence-corrected chi connectivity index (χ2v) is 8.97. The number of carbonyl (C=O) groups is 1. The van der Waals surface area contributed by atoms with E-state index in [1.54, 1.807) is 18.1 Å². The fourth-order valence-corrected chi connectivity index (χ4v) is 4.53. The van der Waals surface area contributed by atoms with E-state index in [1.165, 1.54) is 0 Å². The lowest BCUT2D eigenvalue weighted by atomic mass is 10.0. The minimum atomic E-state index is -0.337. The van der Waals surface area contributed by atoms with E-state index in [1.807, 2.05) is 55.5 Å². The summed E-state index contributed by atoms with van der Waals surface area (Å²) in [7, 11) is 1.79. The Kier molecular flexibility index (Phi) is 7.94. The number of likely N-dealkylation sites (tertiary alicyclic amines) is 1. The molecule has 0 aliphatic carbocycles. The van der Waals surface area contributed by atoms with Crippen molar-refractivity contribution < 1.29 is 19.4 Å². The fourth-order valence-electron chi connectivity index (χ4n) is 4.53. The Balaban J connectivity index is 1.52. The van der Waals surface area contributed by atoms with Crippen LogP contribution in [0.15, 0.2) is 54.7 Å². The van der Waals surface area contributed by atoms with E-state index in [0.29, 0.717) is 25.4 Å². The molecular formula is C27H32N4O4. The molecule has 0 radical (unpaired) electrons. The van der Waals surface area contributed by atoms with Crippen LogP contribution in [0.4, 0.5) is 0 Å². The molecule has 2 heterocycles. The van der Waals surface area contributed by atoms with Crippen LogP contribution in [0.2, 0.25) is 0 Å². The zero-order chi connectivity index (χ0) is 24.8. The minimum Gasteiger partial charge on any atom is -0.483 e. The number of aliphatic hydroxyl groups is 1. The van der Waals surface area contributed by atoms with Crippen LogP contribution in [0.1, 0.15) is 29.2 Å². The Morgan fingerprint density at radius 2 is 2.17 bits per heavy atom. The first-order valence-electron chi connectivity index (χ1n) is 11.8. The van der Waals surface area contributed by atoms with Gasteiger partial charge in [0.05, 0.1) is 17.7 Å². The van der Waals surface area contributed by atoms with Crippen LogP contribution in [0.25, 0.3) is 10.9 Å². The van der Waals surface area contributed by atoms with Gasteiger partial charge in [0.15, 0.2) is 13.0 Å². The third-order valence-electron chi connectivity index (χ3n) is 6.49. The third kappa shape index (κ3) is 5.96. The second-order valence-electron chi connectivity index (χ2n) is 8.97. The predicted molar refractivity (Wildman–Crippen MR) is 135 cm³/mol. The average molecular weight is 477 g/mol. The number of fused-ring (bicyclic) bond motifs is 1. The van der Waals surface area contributed by atoms with Crippen LogP contribution in [-0.2, 0) is 16.1 Å². The maximum absolute atomic E-state index is 13.3. The number of nitrogens with zero attached hydrogens (tertiary/aromatic N) is 3. The van der Waals surface area contributed by atoms with Gasteiger partial charge in [-0.25, -0.2) is 0 Å². The lowest BCUT2D eigenvalue weighted by molar-refractivity contribution is -0.134. The van der Waals surface area contributed by atoms with Gasteiger partial charge in [-0.3, -0.25) is 20.1 Å². The summed E-state index contributed by atoms with van der Waals surface area (Å²) in [5, 5.41) is 18.0. The van der Waals surface area contributed by atoms with Gasteiger partial charge >= 0.3 is 0 Å². The van der Waals surface area contributed by atoms with Gasteiger partial charge in [0.1, 0.15) is 12.4 Å². The SMILES string of the molecule is Cc1ccc(OCC(=O)N(C)C(CN2CC[C@H](O)C2)c2cccc(COC=N)c2)c2cccnc12. The molecule has 1 aliphatic rings. The molecule has 0 bridgehead atoms. The van der Waals surface area contributed by atoms with Crippen LogP contribution in [0.3, 0.4) is 0 Å². The summed E-state index contributed by atoms with van der Waals surface area (Å²) in [6.45, 7) is 4.18. The van der Waals surface area contributed by atoms with E-state index in [0.717, 1.165) is 47.0 Å². The predicted octanol–water partition coefficient (Wildman–Crippen LogP) is 3.31. The fraction of sp³-hybridized carbons (Fsp3) is 0.370. The Hall–Kier alpha value is -3.49. The maximum Gasteiger partial charge on any atom is 0.260 e. The number of aliphatic hydroxyl groups excluding tert-OH is 1. The molecule has 184 valence electrons. The number of β-amino-alcohol motifs (C(OH)–C–C–N with tert-alkyl or cyclic N) is 1. The van der Waals surface area contributed by atoms with Crippen molar-refractivity contribution in [2.75, 3.05) is 33.3 Å². The quantitative estimate of drug-likeness (QED) is 0.344. The normalized spacial score (nSPS) is 16.7. The number of aromatic nitrogens is 1. The van der Waals surface area contributed by atoms with E-state index in [-0.39, 0.29) is 24.7 Å². The Morgan fingerprint density at radius 3 is 2.94 bits per heavy atom. The number of likely N-dealkylation sites (N-methyl/N-ethyl adjacent to an activating group) is 1. The number of benzene rings is 2. The van der Waals surface area contributed by atoms with Gasteiger partial charge in [-0.05, 0) is 48.2 Å². The molecule has 2 aromatic carbocycles. The van der Waals surface area contributed by atoms with E-state index in [2.05, 4.69) is 9.88 Å². The molecule has 35 heavy (non-hydrogen) atoms. The number of pyridine rings is 1. The largest absolute Gasteiger partial charge is 0.483 e. The Bertz CT molecular complexity index is 1180. The smallest absolute Gasteiger partial charge is 0.260 e. The van der Waals surface area contributed by atoms with Crippen molar-refractivity contribution in [3.63, 3.8) is 0 Å². The maximum atomic E-state index is 13.3. The molecule has 1 fully saturated rings. The standard InChI is InChI=1S/C27H32N4O4/c1-19-8-9-25(23-7-4-11-29-27(19)23)35-17-26(33)30(2)24(15-31-12-10-22(32)14-31)21-6-3-5-20(13-21)16-34-18-28/h3-9,11,13,18,22,24,28,32H,10,12,14-17H2,1-2H3/t22-,24?/m0/s1. The lowest BCUT2D eigenvalue weighted by Crippen LogP contribution is -2.41. The number of ether oxygens (including phenoxy) is 2. The van der Waals surface area contributed by atoms with Crippen molar-refractivity contribution in [3.05, 3.63) is 71.4 Å². The van der Waals surface area contributed by atoms with Gasteiger partial charge in [-0.1, -0.05) is 30.3 Å². The molecule has 4 rings (SSSR count). The number of hydrogen-bond donors (Lipinski definition) is 2. The topological polar surface area (TPSA) is 99.0 Å². The van der Waals surface area contributed by atoms with Crippen molar-refractivity contribution in [2.24, 2.45) is 0 Å². The first kappa shape index (κ1) is 24.6. The molecule has 1 aromatic heterocycles. The second kappa shape index (κ2) is 11.3. The summed E-state index contributed by atoms with van der Waals surface area (Å²) in [5.41, 5.74) is 3.81. The molecule has 2 N–H and O–H groups in total. The van der Waals surface area contributed by atoms with Gasteiger partial charge in [-0.15, -0.1) is 0 Å². The molecule has 3 aromatic rings. The summed E-state index contributed by atoms with van der Waals surface area (Å²) < 4.78 is 11.1. The van der Waals surface area contributed by atoms with Gasteiger partial charge in [0, 0.05) is 38.3 Å². The highest BCUT2D eigenvalue weighted by Gasteiger charge is 2.28. The highest BCUT2D eigenvalue weighted by atomic mass is 16.5. The monoisotopic (exact) mass is 476 g/mol. The summed E-state index contributed by atoms with van der Waals surface area (Å²) in [4.78, 5) is 21.6. The number of aryl methyl sites for hydroxylation is 1. The third-order valence-corrected chi connectivity index (χ3v) is 6.49. The molecule has 1 unspecified atom stereocenters. The highest BCUT2D eigenvalue weighted by Crippen LogP contribution is 2.28. The van der Waals surface area contributed by atoms with Crippen LogP contribution in [-0.4, -0.2) is 71.6 Å². The van der Waals surface area contributed by atoms with E-state index in [9.17, 15) is 9.90 Å². The van der Waals surface area contributed by atoms with E-state index >= 15 is 0 Å². The van der Waals surface area contributed by atoms with Crippen LogP contribution in [0, 0.1) is 12.3 Å². The van der Waals surface area contributed by atoms with Crippen molar-refractivity contribution in [2.45, 2.75) is 32.1 Å². The molecular weight excluding hydrogens is 444 g/mol. The number of rotatable bonds is 10. The van der Waals surface area contributed by atoms with Crippen molar-refractivity contribution >= 4 is 23.2 Å². The highest BCUT2D eigenvalue weighted by molar-refractivity contribution is 5.88.